The minimum Gasteiger partial charge on any atom is -0.461 e. The van der Waals surface area contributed by atoms with Crippen molar-refractivity contribution in [3.8, 4) is 0 Å². The minimum absolute atomic E-state index is 0.184. The number of hydrogen-bond acceptors (Lipinski definition) is 4. The Bertz CT molecular complexity index is 822. The second-order valence-electron chi connectivity index (χ2n) is 4.76. The quantitative estimate of drug-likeness (QED) is 0.727. The lowest BCUT2D eigenvalue weighted by Gasteiger charge is -2.03. The average molecular weight is 329 g/mol. The van der Waals surface area contributed by atoms with Crippen molar-refractivity contribution in [2.75, 3.05) is 0 Å². The van der Waals surface area contributed by atoms with Gasteiger partial charge in [0.15, 0.2) is 5.76 Å². The molecule has 0 radical (unpaired) electrons. The Labute approximate surface area is 135 Å². The second kappa shape index (κ2) is 6.58. The molecule has 0 aliphatic rings. The van der Waals surface area contributed by atoms with Crippen LogP contribution in [0.4, 0.5) is 4.39 Å². The maximum Gasteiger partial charge on any atom is 0.251 e. The monoisotopic (exact) mass is 329 g/mol. The maximum absolute atomic E-state index is 12.8. The summed E-state index contributed by atoms with van der Waals surface area (Å²) in [5.41, 5.74) is 0.384. The summed E-state index contributed by atoms with van der Waals surface area (Å²) in [5.74, 6) is -0.581. The lowest BCUT2D eigenvalue weighted by molar-refractivity contribution is 0.0950. The van der Waals surface area contributed by atoms with Crippen molar-refractivity contribution in [2.24, 2.45) is 0 Å². The summed E-state index contributed by atoms with van der Waals surface area (Å²) < 4.78 is 17.9. The van der Waals surface area contributed by atoms with Crippen LogP contribution in [0, 0.1) is 5.82 Å². The van der Waals surface area contributed by atoms with Crippen molar-refractivity contribution in [1.29, 1.82) is 0 Å². The van der Waals surface area contributed by atoms with Gasteiger partial charge in [0, 0.05) is 10.4 Å². The summed E-state index contributed by atoms with van der Waals surface area (Å²) in [5, 5.41) is 2.74. The zero-order valence-electron chi connectivity index (χ0n) is 11.9. The first-order chi connectivity index (χ1) is 11.1. The molecule has 4 nitrogen and oxygen atoms in total. The van der Waals surface area contributed by atoms with Gasteiger partial charge in [0.25, 0.3) is 5.91 Å². The summed E-state index contributed by atoms with van der Waals surface area (Å²) in [6.45, 7) is 0.298. The summed E-state index contributed by atoms with van der Waals surface area (Å²) >= 11 is 1.29. The highest BCUT2D eigenvalue weighted by Crippen LogP contribution is 2.20. The number of benzene rings is 1. The maximum atomic E-state index is 12.8. The molecular formula is C17H12FNO3S. The van der Waals surface area contributed by atoms with E-state index in [2.05, 4.69) is 5.32 Å². The fraction of sp³-hybridized carbons (Fsp3) is 0.0588. The van der Waals surface area contributed by atoms with Crippen LogP contribution >= 0.6 is 11.3 Å². The lowest BCUT2D eigenvalue weighted by Crippen LogP contribution is -2.22. The summed E-state index contributed by atoms with van der Waals surface area (Å²) in [6.07, 6.45) is 1.45. The molecule has 3 rings (SSSR count). The topological polar surface area (TPSA) is 59.3 Å². The zero-order valence-corrected chi connectivity index (χ0v) is 12.7. The van der Waals surface area contributed by atoms with Gasteiger partial charge >= 0.3 is 0 Å². The molecule has 1 amide bonds. The smallest absolute Gasteiger partial charge is 0.251 e. The van der Waals surface area contributed by atoms with Gasteiger partial charge in [-0.15, -0.1) is 11.3 Å². The van der Waals surface area contributed by atoms with Gasteiger partial charge in [-0.05, 0) is 48.5 Å². The van der Waals surface area contributed by atoms with Crippen LogP contribution in [0.3, 0.4) is 0 Å². The molecule has 0 aliphatic carbocycles. The van der Waals surface area contributed by atoms with Crippen LogP contribution in [0.1, 0.15) is 30.7 Å². The Balaban J connectivity index is 1.62. The number of thiophene rings is 1. The second-order valence-corrected chi connectivity index (χ2v) is 5.93. The molecule has 1 aromatic carbocycles. The van der Waals surface area contributed by atoms with Gasteiger partial charge < -0.3 is 9.73 Å². The minimum atomic E-state index is -0.388. The van der Waals surface area contributed by atoms with Crippen LogP contribution in [0.25, 0.3) is 0 Å². The summed E-state index contributed by atoms with van der Waals surface area (Å²) in [7, 11) is 0. The third kappa shape index (κ3) is 3.54. The van der Waals surface area contributed by atoms with Crippen molar-refractivity contribution in [3.63, 3.8) is 0 Å². The molecule has 0 spiro atoms. The molecular weight excluding hydrogens is 317 g/mol. The molecule has 0 unspecified atom stereocenters. The Morgan fingerprint density at radius 3 is 2.57 bits per heavy atom. The number of carbonyl (C=O) groups is 2. The van der Waals surface area contributed by atoms with Crippen molar-refractivity contribution in [3.05, 3.63) is 81.7 Å². The largest absolute Gasteiger partial charge is 0.461 e. The molecule has 2 aromatic heterocycles. The van der Waals surface area contributed by atoms with Gasteiger partial charge in [0.2, 0.25) is 5.78 Å². The van der Waals surface area contributed by atoms with Crippen LogP contribution in [-0.2, 0) is 6.54 Å². The van der Waals surface area contributed by atoms with Crippen molar-refractivity contribution in [1.82, 2.24) is 5.32 Å². The number of furan rings is 1. The van der Waals surface area contributed by atoms with Crippen molar-refractivity contribution < 1.29 is 18.4 Å². The zero-order chi connectivity index (χ0) is 16.2. The third-order valence-electron chi connectivity index (χ3n) is 3.16. The van der Waals surface area contributed by atoms with E-state index in [9.17, 15) is 14.0 Å². The van der Waals surface area contributed by atoms with Gasteiger partial charge in [0.05, 0.1) is 17.7 Å². The van der Waals surface area contributed by atoms with Crippen molar-refractivity contribution in [2.45, 2.75) is 6.54 Å². The van der Waals surface area contributed by atoms with Gasteiger partial charge in [-0.3, -0.25) is 9.59 Å². The fourth-order valence-electron chi connectivity index (χ4n) is 1.99. The van der Waals surface area contributed by atoms with E-state index in [1.54, 1.807) is 24.3 Å². The molecule has 3 aromatic rings. The van der Waals surface area contributed by atoms with Crippen LogP contribution in [0.15, 0.2) is 59.2 Å². The van der Waals surface area contributed by atoms with E-state index < -0.39 is 0 Å². The van der Waals surface area contributed by atoms with Crippen LogP contribution in [-0.4, -0.2) is 11.7 Å². The first-order valence-electron chi connectivity index (χ1n) is 6.84. The van der Waals surface area contributed by atoms with Gasteiger partial charge in [-0.25, -0.2) is 4.39 Å². The van der Waals surface area contributed by atoms with Gasteiger partial charge in [-0.2, -0.15) is 0 Å². The normalized spacial score (nSPS) is 10.5. The molecule has 2 heterocycles. The molecule has 23 heavy (non-hydrogen) atoms. The third-order valence-corrected chi connectivity index (χ3v) is 4.24. The molecule has 116 valence electrons. The van der Waals surface area contributed by atoms with E-state index in [1.807, 2.05) is 0 Å². The molecule has 0 saturated heterocycles. The van der Waals surface area contributed by atoms with Crippen LogP contribution in [0.2, 0.25) is 0 Å². The molecule has 1 N–H and O–H groups in total. The number of ketones is 1. The lowest BCUT2D eigenvalue weighted by atomic mass is 10.2. The van der Waals surface area contributed by atoms with E-state index in [0.717, 1.165) is 4.88 Å². The first kappa shape index (κ1) is 15.2. The molecule has 0 aliphatic heterocycles. The van der Waals surface area contributed by atoms with Crippen molar-refractivity contribution >= 4 is 23.0 Å². The highest BCUT2D eigenvalue weighted by atomic mass is 32.1. The van der Waals surface area contributed by atoms with Crippen LogP contribution < -0.4 is 5.32 Å². The van der Waals surface area contributed by atoms with Gasteiger partial charge in [0.1, 0.15) is 5.82 Å². The van der Waals surface area contributed by atoms with E-state index in [0.29, 0.717) is 17.0 Å². The number of carbonyl (C=O) groups excluding carboxylic acids is 2. The average Bonchev–Trinajstić information content (AvgIpc) is 3.24. The Morgan fingerprint density at radius 1 is 1.09 bits per heavy atom. The molecule has 0 bridgehead atoms. The van der Waals surface area contributed by atoms with E-state index in [-0.39, 0.29) is 23.3 Å². The Kier molecular flexibility index (Phi) is 4.34. The molecule has 0 atom stereocenters. The Hall–Kier alpha value is -2.73. The number of halogens is 1. The summed E-state index contributed by atoms with van der Waals surface area (Å²) in [4.78, 5) is 25.4. The number of nitrogens with one attached hydrogen (secondary N) is 1. The standard InChI is InChI=1S/C17H12FNO3S/c18-12-5-3-11(4-6-12)17(21)19-10-13-7-8-15(23-13)16(20)14-2-1-9-22-14/h1-9H,10H2,(H,19,21). The molecule has 0 saturated carbocycles. The first-order valence-corrected chi connectivity index (χ1v) is 7.66. The van der Waals surface area contributed by atoms with E-state index in [4.69, 9.17) is 4.42 Å². The number of hydrogen-bond donors (Lipinski definition) is 1. The SMILES string of the molecule is O=C(NCc1ccc(C(=O)c2ccco2)s1)c1ccc(F)cc1. The number of amides is 1. The fourth-order valence-corrected chi connectivity index (χ4v) is 2.89. The number of rotatable bonds is 5. The summed E-state index contributed by atoms with van der Waals surface area (Å²) in [6, 6.07) is 12.1. The molecule has 6 heteroatoms. The molecule has 0 fully saturated rings. The predicted octanol–water partition coefficient (Wildman–Crippen LogP) is 3.64. The Morgan fingerprint density at radius 2 is 1.87 bits per heavy atom. The van der Waals surface area contributed by atoms with Crippen LogP contribution in [0.5, 0.6) is 0 Å². The highest BCUT2D eigenvalue weighted by molar-refractivity contribution is 7.14. The predicted molar refractivity (Wildman–Crippen MR) is 84.0 cm³/mol. The van der Waals surface area contributed by atoms with E-state index >= 15 is 0 Å². The van der Waals surface area contributed by atoms with E-state index in [1.165, 1.54) is 41.9 Å². The van der Waals surface area contributed by atoms with Gasteiger partial charge in [-0.1, -0.05) is 0 Å². The highest BCUT2D eigenvalue weighted by Gasteiger charge is 2.14.